The zero-order chi connectivity index (χ0) is 35.1. The fourth-order valence-electron chi connectivity index (χ4n) is 5.55. The van der Waals surface area contributed by atoms with Crippen molar-refractivity contribution in [2.24, 2.45) is 0 Å². The van der Waals surface area contributed by atoms with Crippen molar-refractivity contribution in [3.8, 4) is 0 Å². The summed E-state index contributed by atoms with van der Waals surface area (Å²) in [4.78, 5) is 33.5. The normalized spacial score (nSPS) is 15.7. The summed E-state index contributed by atoms with van der Waals surface area (Å²) >= 11 is 0. The fraction of sp³-hybridized carbons (Fsp3) is 0.306. The summed E-state index contributed by atoms with van der Waals surface area (Å²) in [5.41, 5.74) is 3.10. The quantitative estimate of drug-likeness (QED) is 0.150. The van der Waals surface area contributed by atoms with E-state index in [2.05, 4.69) is 14.8 Å². The third-order valence-corrected chi connectivity index (χ3v) is 7.97. The molecule has 0 radical (unpaired) electrons. The molecule has 12 heteroatoms. The van der Waals surface area contributed by atoms with Gasteiger partial charge in [0.15, 0.2) is 5.78 Å². The van der Waals surface area contributed by atoms with Gasteiger partial charge in [-0.3, -0.25) is 4.79 Å². The number of hydrogen-bond acceptors (Lipinski definition) is 6. The summed E-state index contributed by atoms with van der Waals surface area (Å²) in [5, 5.41) is 3.23. The molecule has 0 saturated heterocycles. The molecule has 0 bridgehead atoms. The molecule has 0 fully saturated rings. The van der Waals surface area contributed by atoms with Crippen LogP contribution >= 0.6 is 0 Å². The Morgan fingerprint density at radius 2 is 1.33 bits per heavy atom. The molecule has 1 unspecified atom stereocenters. The first-order valence-electron chi connectivity index (χ1n) is 15.0. The van der Waals surface area contributed by atoms with Gasteiger partial charge >= 0.3 is 24.3 Å². The van der Waals surface area contributed by atoms with Crippen LogP contribution in [0.25, 0.3) is 12.2 Å². The van der Waals surface area contributed by atoms with Gasteiger partial charge in [0.25, 0.3) is 0 Å². The number of nitrogens with one attached hydrogen (secondary N) is 1. The number of methoxy groups -OCH3 is 2. The van der Waals surface area contributed by atoms with Crippen molar-refractivity contribution in [3.63, 3.8) is 0 Å². The molecule has 5 rings (SSSR count). The maximum Gasteiger partial charge on any atom is 0.416 e. The molecule has 2 aliphatic rings. The van der Waals surface area contributed by atoms with Crippen LogP contribution in [0.5, 0.6) is 0 Å². The maximum absolute atomic E-state index is 13.0. The standard InChI is InChI=1S/C23H21F6NO2.C13H12O3/c1-32-21(31)7-3-14-2-5-19-16(10-14)4-6-20(19)30-9-8-15-11-17(22(24,25)26)13-18(12-15)23(27,28)29;1-16-13(15)7-3-9-2-5-11-10(8-9)4-6-12(11)14/h2-3,5,7,10-13,20,30H,4,6,8-9H2,1H3;2-3,5,7-8H,4,6H2,1H3/b2*7-3+. The topological polar surface area (TPSA) is 81.7 Å². The third-order valence-electron chi connectivity index (χ3n) is 7.97. The van der Waals surface area contributed by atoms with Crippen molar-refractivity contribution in [3.05, 3.63) is 117 Å². The Morgan fingerprint density at radius 3 is 1.90 bits per heavy atom. The molecule has 48 heavy (non-hydrogen) atoms. The van der Waals surface area contributed by atoms with Crippen molar-refractivity contribution in [2.75, 3.05) is 20.8 Å². The van der Waals surface area contributed by atoms with E-state index in [0.717, 1.165) is 64.8 Å². The van der Waals surface area contributed by atoms with Crippen molar-refractivity contribution < 1.29 is 50.2 Å². The van der Waals surface area contributed by atoms with Gasteiger partial charge in [-0.2, -0.15) is 26.3 Å². The molecule has 3 aromatic carbocycles. The highest BCUT2D eigenvalue weighted by Gasteiger charge is 2.37. The van der Waals surface area contributed by atoms with Gasteiger partial charge in [0.2, 0.25) is 0 Å². The Kier molecular flexibility index (Phi) is 11.6. The number of aryl methyl sites for hydroxylation is 2. The highest BCUT2D eigenvalue weighted by molar-refractivity contribution is 6.00. The molecule has 1 N–H and O–H groups in total. The molecule has 0 amide bonds. The number of benzene rings is 3. The molecule has 0 saturated carbocycles. The highest BCUT2D eigenvalue weighted by atomic mass is 19.4. The smallest absolute Gasteiger partial charge is 0.416 e. The maximum atomic E-state index is 13.0. The number of fused-ring (bicyclic) bond motifs is 2. The first kappa shape index (κ1) is 36.1. The van der Waals surface area contributed by atoms with Crippen LogP contribution in [0.3, 0.4) is 0 Å². The molecular weight excluding hydrogens is 640 g/mol. The Bertz CT molecular complexity index is 1690. The summed E-state index contributed by atoms with van der Waals surface area (Å²) in [6, 6.07) is 12.9. The number of esters is 2. The van der Waals surface area contributed by atoms with Crippen LogP contribution in [-0.2, 0) is 50.7 Å². The summed E-state index contributed by atoms with van der Waals surface area (Å²) < 4.78 is 87.1. The first-order chi connectivity index (χ1) is 22.7. The molecular formula is C36H33F6NO5. The minimum Gasteiger partial charge on any atom is -0.466 e. The largest absolute Gasteiger partial charge is 0.466 e. The summed E-state index contributed by atoms with van der Waals surface area (Å²) in [6.45, 7) is 0.229. The van der Waals surface area contributed by atoms with E-state index in [-0.39, 0.29) is 42.4 Å². The fourth-order valence-corrected chi connectivity index (χ4v) is 5.55. The van der Waals surface area contributed by atoms with E-state index in [1.165, 1.54) is 26.4 Å². The van der Waals surface area contributed by atoms with E-state index in [4.69, 9.17) is 0 Å². The average molecular weight is 674 g/mol. The monoisotopic (exact) mass is 673 g/mol. The van der Waals surface area contributed by atoms with Crippen LogP contribution in [-0.4, -0.2) is 38.5 Å². The molecule has 0 aromatic heterocycles. The van der Waals surface area contributed by atoms with Gasteiger partial charge in [-0.15, -0.1) is 0 Å². The number of Topliss-reactive ketones (excluding diaryl/α,β-unsaturated/α-hetero) is 1. The van der Waals surface area contributed by atoms with Gasteiger partial charge in [0.05, 0.1) is 25.3 Å². The van der Waals surface area contributed by atoms with Crippen molar-refractivity contribution in [1.29, 1.82) is 0 Å². The summed E-state index contributed by atoms with van der Waals surface area (Å²) in [5.74, 6) is -0.636. The molecule has 254 valence electrons. The van der Waals surface area contributed by atoms with Crippen LogP contribution in [0.2, 0.25) is 0 Å². The second kappa shape index (κ2) is 15.5. The van der Waals surface area contributed by atoms with Crippen molar-refractivity contribution >= 4 is 29.9 Å². The predicted octanol–water partition coefficient (Wildman–Crippen LogP) is 7.73. The number of ether oxygens (including phenoxy) is 2. The van der Waals surface area contributed by atoms with Crippen LogP contribution in [0.4, 0.5) is 26.3 Å². The van der Waals surface area contributed by atoms with Gasteiger partial charge in [-0.25, -0.2) is 9.59 Å². The lowest BCUT2D eigenvalue weighted by Crippen LogP contribution is -2.22. The number of alkyl halides is 6. The Balaban J connectivity index is 0.000000271. The lowest BCUT2D eigenvalue weighted by atomic mass is 10.0. The van der Waals surface area contributed by atoms with Crippen LogP contribution in [0.1, 0.15) is 73.7 Å². The van der Waals surface area contributed by atoms with Gasteiger partial charge < -0.3 is 14.8 Å². The van der Waals surface area contributed by atoms with E-state index in [0.29, 0.717) is 6.42 Å². The number of carbonyl (C=O) groups excluding carboxylic acids is 3. The molecule has 3 aromatic rings. The number of rotatable bonds is 8. The van der Waals surface area contributed by atoms with Gasteiger partial charge in [0, 0.05) is 30.2 Å². The summed E-state index contributed by atoms with van der Waals surface area (Å²) in [6.07, 6.45) is -0.735. The SMILES string of the molecule is COC(=O)/C=C/c1ccc2c(c1)CCC2=O.COC(=O)/C=C/c1ccc2c(c1)CCC2NCCc1cc(C(F)(F)F)cc(C(F)(F)F)c1. The molecule has 6 nitrogen and oxygen atoms in total. The van der Waals surface area contributed by atoms with E-state index < -0.39 is 29.4 Å². The van der Waals surface area contributed by atoms with E-state index in [9.17, 15) is 40.7 Å². The predicted molar refractivity (Wildman–Crippen MR) is 167 cm³/mol. The number of ketones is 1. The van der Waals surface area contributed by atoms with Crippen LogP contribution in [0.15, 0.2) is 66.7 Å². The molecule has 0 aliphatic heterocycles. The minimum atomic E-state index is -4.85. The number of carbonyl (C=O) groups is 3. The second-order valence-corrected chi connectivity index (χ2v) is 11.2. The highest BCUT2D eigenvalue weighted by Crippen LogP contribution is 2.37. The lowest BCUT2D eigenvalue weighted by Gasteiger charge is -2.16. The van der Waals surface area contributed by atoms with Crippen molar-refractivity contribution in [2.45, 2.75) is 50.5 Å². The Hall–Kier alpha value is -4.71. The molecule has 0 spiro atoms. The number of halogens is 6. The van der Waals surface area contributed by atoms with E-state index in [1.54, 1.807) is 12.2 Å². The first-order valence-corrected chi connectivity index (χ1v) is 15.0. The molecule has 0 heterocycles. The summed E-state index contributed by atoms with van der Waals surface area (Å²) in [7, 11) is 2.63. The second-order valence-electron chi connectivity index (χ2n) is 11.2. The van der Waals surface area contributed by atoms with E-state index >= 15 is 0 Å². The zero-order valence-corrected chi connectivity index (χ0v) is 26.1. The minimum absolute atomic E-state index is 0.0266. The average Bonchev–Trinajstić information content (AvgIpc) is 3.63. The number of hydrogen-bond donors (Lipinski definition) is 1. The molecule has 1 atom stereocenters. The van der Waals surface area contributed by atoms with Crippen LogP contribution < -0.4 is 5.32 Å². The lowest BCUT2D eigenvalue weighted by molar-refractivity contribution is -0.143. The van der Waals surface area contributed by atoms with E-state index in [1.807, 2.05) is 36.4 Å². The Labute approximate surface area is 273 Å². The molecule has 2 aliphatic carbocycles. The van der Waals surface area contributed by atoms with Crippen LogP contribution in [0, 0.1) is 0 Å². The van der Waals surface area contributed by atoms with Gasteiger partial charge in [0.1, 0.15) is 0 Å². The van der Waals surface area contributed by atoms with Crippen molar-refractivity contribution in [1.82, 2.24) is 5.32 Å². The van der Waals surface area contributed by atoms with Gasteiger partial charge in [-0.05, 0) is 96.0 Å². The zero-order valence-electron chi connectivity index (χ0n) is 26.1. The third kappa shape index (κ3) is 9.66. The Morgan fingerprint density at radius 1 is 0.771 bits per heavy atom. The van der Waals surface area contributed by atoms with Gasteiger partial charge in [-0.1, -0.05) is 36.4 Å².